The SMILES string of the molecule is Cc1cc(C(NN)c2cccc(OC(C)C)c2)ccc1Cl. The summed E-state index contributed by atoms with van der Waals surface area (Å²) in [5, 5.41) is 0.756. The molecule has 0 radical (unpaired) electrons. The number of halogens is 1. The molecule has 112 valence electrons. The van der Waals surface area contributed by atoms with Crippen molar-refractivity contribution in [1.82, 2.24) is 5.43 Å². The summed E-state index contributed by atoms with van der Waals surface area (Å²) in [6.07, 6.45) is 0.141. The zero-order chi connectivity index (χ0) is 15.4. The van der Waals surface area contributed by atoms with E-state index in [4.69, 9.17) is 22.2 Å². The Hall–Kier alpha value is -1.55. The molecule has 4 heteroatoms. The third-order valence-electron chi connectivity index (χ3n) is 3.25. The highest BCUT2D eigenvalue weighted by Crippen LogP contribution is 2.27. The van der Waals surface area contributed by atoms with Crippen molar-refractivity contribution in [3.8, 4) is 5.75 Å². The van der Waals surface area contributed by atoms with Gasteiger partial charge >= 0.3 is 0 Å². The van der Waals surface area contributed by atoms with Crippen LogP contribution in [-0.4, -0.2) is 6.10 Å². The molecule has 0 saturated heterocycles. The highest BCUT2D eigenvalue weighted by Gasteiger charge is 2.14. The van der Waals surface area contributed by atoms with Gasteiger partial charge in [-0.25, -0.2) is 5.43 Å². The van der Waals surface area contributed by atoms with Crippen molar-refractivity contribution in [2.45, 2.75) is 32.9 Å². The maximum absolute atomic E-state index is 6.09. The second-order valence-electron chi connectivity index (χ2n) is 5.35. The molecule has 0 spiro atoms. The number of benzene rings is 2. The lowest BCUT2D eigenvalue weighted by Crippen LogP contribution is -2.28. The first kappa shape index (κ1) is 15.8. The Bertz CT molecular complexity index is 613. The van der Waals surface area contributed by atoms with Crippen LogP contribution in [0.5, 0.6) is 5.75 Å². The zero-order valence-corrected chi connectivity index (χ0v) is 13.3. The second kappa shape index (κ2) is 6.94. The quantitative estimate of drug-likeness (QED) is 0.648. The molecule has 0 amide bonds. The van der Waals surface area contributed by atoms with Gasteiger partial charge in [-0.2, -0.15) is 0 Å². The van der Waals surface area contributed by atoms with Crippen LogP contribution in [0.2, 0.25) is 5.02 Å². The maximum atomic E-state index is 6.09. The van der Waals surface area contributed by atoms with Crippen molar-refractivity contribution in [2.24, 2.45) is 5.84 Å². The van der Waals surface area contributed by atoms with E-state index < -0.39 is 0 Å². The van der Waals surface area contributed by atoms with E-state index in [1.54, 1.807) is 0 Å². The molecule has 2 aromatic carbocycles. The maximum Gasteiger partial charge on any atom is 0.120 e. The first-order valence-electron chi connectivity index (χ1n) is 7.00. The van der Waals surface area contributed by atoms with Gasteiger partial charge < -0.3 is 4.74 Å². The summed E-state index contributed by atoms with van der Waals surface area (Å²) in [5.74, 6) is 6.59. The summed E-state index contributed by atoms with van der Waals surface area (Å²) >= 11 is 6.09. The molecule has 0 heterocycles. The number of hydrogen-bond donors (Lipinski definition) is 2. The van der Waals surface area contributed by atoms with E-state index in [2.05, 4.69) is 5.43 Å². The number of nitrogens with two attached hydrogens (primary N) is 1. The van der Waals surface area contributed by atoms with Crippen molar-refractivity contribution in [1.29, 1.82) is 0 Å². The van der Waals surface area contributed by atoms with Gasteiger partial charge in [0.15, 0.2) is 0 Å². The van der Waals surface area contributed by atoms with E-state index in [0.717, 1.165) is 27.5 Å². The topological polar surface area (TPSA) is 47.3 Å². The Kier molecular flexibility index (Phi) is 5.23. The van der Waals surface area contributed by atoms with Crippen LogP contribution in [0.4, 0.5) is 0 Å². The average molecular weight is 305 g/mol. The van der Waals surface area contributed by atoms with Crippen LogP contribution in [0, 0.1) is 6.92 Å². The molecular formula is C17H21ClN2O. The standard InChI is InChI=1S/C17H21ClN2O/c1-11(2)21-15-6-4-5-13(10-15)17(20-19)14-7-8-16(18)12(3)9-14/h4-11,17,20H,19H2,1-3H3. The van der Waals surface area contributed by atoms with Crippen molar-refractivity contribution < 1.29 is 4.74 Å². The summed E-state index contributed by atoms with van der Waals surface area (Å²) in [6, 6.07) is 13.8. The molecule has 0 aliphatic rings. The van der Waals surface area contributed by atoms with E-state index in [1.807, 2.05) is 63.2 Å². The summed E-state index contributed by atoms with van der Waals surface area (Å²) in [4.78, 5) is 0. The molecule has 0 fully saturated rings. The normalized spacial score (nSPS) is 12.5. The molecule has 0 aliphatic carbocycles. The molecule has 21 heavy (non-hydrogen) atoms. The molecule has 2 rings (SSSR count). The lowest BCUT2D eigenvalue weighted by molar-refractivity contribution is 0.242. The van der Waals surface area contributed by atoms with Gasteiger partial charge in [-0.05, 0) is 55.7 Å². The predicted octanol–water partition coefficient (Wildman–Crippen LogP) is 3.99. The Morgan fingerprint density at radius 2 is 1.81 bits per heavy atom. The van der Waals surface area contributed by atoms with Gasteiger partial charge in [0.05, 0.1) is 12.1 Å². The molecule has 0 aromatic heterocycles. The lowest BCUT2D eigenvalue weighted by Gasteiger charge is -2.19. The fourth-order valence-corrected chi connectivity index (χ4v) is 2.39. The molecule has 0 aliphatic heterocycles. The molecule has 0 saturated carbocycles. The molecule has 1 unspecified atom stereocenters. The number of rotatable bonds is 5. The summed E-state index contributed by atoms with van der Waals surface area (Å²) in [7, 11) is 0. The monoisotopic (exact) mass is 304 g/mol. The number of hydrogen-bond acceptors (Lipinski definition) is 3. The van der Waals surface area contributed by atoms with Gasteiger partial charge in [0.2, 0.25) is 0 Å². The van der Waals surface area contributed by atoms with E-state index in [-0.39, 0.29) is 12.1 Å². The van der Waals surface area contributed by atoms with Gasteiger partial charge in [-0.1, -0.05) is 35.9 Å². The van der Waals surface area contributed by atoms with Crippen LogP contribution >= 0.6 is 11.6 Å². The van der Waals surface area contributed by atoms with Crippen molar-refractivity contribution >= 4 is 11.6 Å². The third-order valence-corrected chi connectivity index (χ3v) is 3.67. The van der Waals surface area contributed by atoms with Crippen molar-refractivity contribution in [3.63, 3.8) is 0 Å². The van der Waals surface area contributed by atoms with E-state index in [0.29, 0.717) is 0 Å². The second-order valence-corrected chi connectivity index (χ2v) is 5.75. The van der Waals surface area contributed by atoms with Gasteiger partial charge in [-0.3, -0.25) is 5.84 Å². The van der Waals surface area contributed by atoms with Crippen LogP contribution in [0.1, 0.15) is 36.6 Å². The van der Waals surface area contributed by atoms with Gasteiger partial charge in [-0.15, -0.1) is 0 Å². The lowest BCUT2D eigenvalue weighted by atomic mass is 9.98. The predicted molar refractivity (Wildman–Crippen MR) is 87.6 cm³/mol. The minimum absolute atomic E-state index is 0.100. The molecule has 2 aromatic rings. The van der Waals surface area contributed by atoms with Crippen molar-refractivity contribution in [2.75, 3.05) is 0 Å². The van der Waals surface area contributed by atoms with Crippen LogP contribution in [-0.2, 0) is 0 Å². The Balaban J connectivity index is 2.34. The van der Waals surface area contributed by atoms with Gasteiger partial charge in [0.1, 0.15) is 5.75 Å². The smallest absolute Gasteiger partial charge is 0.120 e. The van der Waals surface area contributed by atoms with Crippen LogP contribution in [0.25, 0.3) is 0 Å². The largest absolute Gasteiger partial charge is 0.491 e. The molecule has 3 nitrogen and oxygen atoms in total. The van der Waals surface area contributed by atoms with Crippen LogP contribution in [0.15, 0.2) is 42.5 Å². The van der Waals surface area contributed by atoms with Crippen LogP contribution in [0.3, 0.4) is 0 Å². The van der Waals surface area contributed by atoms with E-state index in [1.165, 1.54) is 0 Å². The fourth-order valence-electron chi connectivity index (χ4n) is 2.27. The average Bonchev–Trinajstić information content (AvgIpc) is 2.43. The van der Waals surface area contributed by atoms with Crippen molar-refractivity contribution in [3.05, 3.63) is 64.2 Å². The first-order chi connectivity index (χ1) is 10.0. The highest BCUT2D eigenvalue weighted by molar-refractivity contribution is 6.31. The number of hydrazine groups is 1. The fraction of sp³-hybridized carbons (Fsp3) is 0.294. The van der Waals surface area contributed by atoms with E-state index in [9.17, 15) is 0 Å². The Morgan fingerprint density at radius 3 is 2.43 bits per heavy atom. The molecular weight excluding hydrogens is 284 g/mol. The molecule has 3 N–H and O–H groups in total. The van der Waals surface area contributed by atoms with Gasteiger partial charge in [0.25, 0.3) is 0 Å². The number of nitrogens with one attached hydrogen (secondary N) is 1. The first-order valence-corrected chi connectivity index (χ1v) is 7.38. The molecule has 1 atom stereocenters. The highest BCUT2D eigenvalue weighted by atomic mass is 35.5. The molecule has 0 bridgehead atoms. The minimum Gasteiger partial charge on any atom is -0.491 e. The summed E-state index contributed by atoms with van der Waals surface area (Å²) < 4.78 is 5.74. The zero-order valence-electron chi connectivity index (χ0n) is 12.6. The summed E-state index contributed by atoms with van der Waals surface area (Å²) in [6.45, 7) is 6.00. The van der Waals surface area contributed by atoms with E-state index >= 15 is 0 Å². The summed E-state index contributed by atoms with van der Waals surface area (Å²) in [5.41, 5.74) is 6.02. The number of aryl methyl sites for hydroxylation is 1. The van der Waals surface area contributed by atoms with Gasteiger partial charge in [0, 0.05) is 5.02 Å². The minimum atomic E-state index is -0.100. The Labute approximate surface area is 131 Å². The number of ether oxygens (including phenoxy) is 1. The Morgan fingerprint density at radius 1 is 1.10 bits per heavy atom. The third kappa shape index (κ3) is 3.97. The van der Waals surface area contributed by atoms with Crippen LogP contribution < -0.4 is 16.0 Å².